The molecule has 1 saturated carbocycles. The lowest BCUT2D eigenvalue weighted by atomic mass is 9.52. The number of para-hydroxylation sites is 1. The Morgan fingerprint density at radius 1 is 0.907 bits per heavy atom. The standard InChI is InChI=1S/C34H32N2O7/c1-34-26(31(40)36(33(34)42)20-5-3-2-4-6-20)17-25-23(29(34)27-14-11-22(18-37)43-27)12-13-24-28(25)32(41)35(30(24)39)16-15-19-7-9-21(38)10-8-19/h2-12,14,24-26,28-29,37-38H,13,15-18H2,1H3/t24-,25+,26-,28-,29+,34+/m0/s1. The second-order valence-electron chi connectivity index (χ2n) is 12.2. The molecule has 2 saturated heterocycles. The fraction of sp³-hybridized carbons (Fsp3) is 0.353. The highest BCUT2D eigenvalue weighted by Gasteiger charge is 2.68. The first kappa shape index (κ1) is 27.3. The summed E-state index contributed by atoms with van der Waals surface area (Å²) in [5.41, 5.74) is 1.05. The van der Waals surface area contributed by atoms with E-state index in [1.54, 1.807) is 67.6 Å². The highest BCUT2D eigenvalue weighted by molar-refractivity contribution is 6.24. The van der Waals surface area contributed by atoms with Gasteiger partial charge in [0, 0.05) is 6.54 Å². The number of hydrogen-bond donors (Lipinski definition) is 2. The summed E-state index contributed by atoms with van der Waals surface area (Å²) in [6.07, 6.45) is 3.07. The zero-order chi connectivity index (χ0) is 30.0. The molecule has 0 bridgehead atoms. The number of anilines is 1. The molecule has 2 aliphatic heterocycles. The number of nitrogens with zero attached hydrogens (tertiary/aromatic N) is 2. The topological polar surface area (TPSA) is 128 Å². The molecule has 3 aromatic rings. The highest BCUT2D eigenvalue weighted by Crippen LogP contribution is 2.63. The lowest BCUT2D eigenvalue weighted by Gasteiger charge is -2.48. The van der Waals surface area contributed by atoms with Crippen molar-refractivity contribution < 1.29 is 33.8 Å². The van der Waals surface area contributed by atoms with Crippen molar-refractivity contribution in [3.63, 3.8) is 0 Å². The molecular weight excluding hydrogens is 548 g/mol. The van der Waals surface area contributed by atoms with Gasteiger partial charge in [-0.2, -0.15) is 0 Å². The number of carbonyl (C=O) groups excluding carboxylic acids is 4. The lowest BCUT2D eigenvalue weighted by Crippen LogP contribution is -2.48. The van der Waals surface area contributed by atoms with E-state index in [9.17, 15) is 29.4 Å². The van der Waals surface area contributed by atoms with Crippen LogP contribution < -0.4 is 4.90 Å². The number of amides is 4. The summed E-state index contributed by atoms with van der Waals surface area (Å²) >= 11 is 0. The Bertz CT molecular complexity index is 1660. The van der Waals surface area contributed by atoms with Crippen LogP contribution in [-0.2, 0) is 32.2 Å². The molecule has 6 atom stereocenters. The molecular formula is C34H32N2O7. The number of phenols is 1. The first-order valence-electron chi connectivity index (χ1n) is 14.7. The molecule has 9 nitrogen and oxygen atoms in total. The normalized spacial score (nSPS) is 29.9. The monoisotopic (exact) mass is 580 g/mol. The van der Waals surface area contributed by atoms with Gasteiger partial charge < -0.3 is 14.6 Å². The SMILES string of the molecule is C[C@@]12C(=O)N(c3ccccc3)C(=O)[C@@H]1C[C@@H]1C(=CC[C@@H]3C(=O)N(CCc4ccc(O)cc4)C(=O)[C@@H]31)[C@@H]2c1ccc(CO)o1. The largest absolute Gasteiger partial charge is 0.508 e. The number of allylic oxidation sites excluding steroid dienone is 2. The van der Waals surface area contributed by atoms with Crippen LogP contribution in [-0.4, -0.2) is 45.3 Å². The van der Waals surface area contributed by atoms with Crippen molar-refractivity contribution >= 4 is 29.3 Å². The number of aliphatic hydroxyl groups excluding tert-OH is 1. The first-order chi connectivity index (χ1) is 20.7. The number of hydrogen-bond acceptors (Lipinski definition) is 7. The van der Waals surface area contributed by atoms with Gasteiger partial charge in [0.2, 0.25) is 23.6 Å². The van der Waals surface area contributed by atoms with Crippen molar-refractivity contribution in [2.24, 2.45) is 29.1 Å². The van der Waals surface area contributed by atoms with E-state index >= 15 is 0 Å². The molecule has 3 fully saturated rings. The zero-order valence-electron chi connectivity index (χ0n) is 23.7. The van der Waals surface area contributed by atoms with Crippen LogP contribution in [0.25, 0.3) is 0 Å². The van der Waals surface area contributed by atoms with Crippen LogP contribution >= 0.6 is 0 Å². The Hall–Kier alpha value is -4.50. The third-order valence-electron chi connectivity index (χ3n) is 10.1. The van der Waals surface area contributed by atoms with E-state index in [1.165, 1.54) is 9.80 Å². The number of fused-ring (bicyclic) bond motifs is 4. The van der Waals surface area contributed by atoms with Crippen molar-refractivity contribution in [3.05, 3.63) is 95.5 Å². The van der Waals surface area contributed by atoms with Gasteiger partial charge in [-0.25, -0.2) is 4.90 Å². The molecule has 4 aliphatic rings. The Labute approximate surface area is 248 Å². The summed E-state index contributed by atoms with van der Waals surface area (Å²) in [5, 5.41) is 19.3. The summed E-state index contributed by atoms with van der Waals surface area (Å²) in [6, 6.07) is 18.9. The molecule has 2 aromatic carbocycles. The maximum Gasteiger partial charge on any atom is 0.241 e. The van der Waals surface area contributed by atoms with E-state index in [0.717, 1.165) is 11.1 Å². The highest BCUT2D eigenvalue weighted by atomic mass is 16.4. The predicted octanol–water partition coefficient (Wildman–Crippen LogP) is 3.95. The number of phenolic OH excluding ortho intramolecular Hbond substituents is 1. The van der Waals surface area contributed by atoms with Crippen molar-refractivity contribution in [1.29, 1.82) is 0 Å². The summed E-state index contributed by atoms with van der Waals surface area (Å²) in [4.78, 5) is 58.6. The molecule has 43 heavy (non-hydrogen) atoms. The summed E-state index contributed by atoms with van der Waals surface area (Å²) < 4.78 is 6.04. The average molecular weight is 581 g/mol. The quantitative estimate of drug-likeness (QED) is 0.334. The third-order valence-corrected chi connectivity index (χ3v) is 10.1. The van der Waals surface area contributed by atoms with Gasteiger partial charge in [0.1, 0.15) is 23.9 Å². The lowest BCUT2D eigenvalue weighted by molar-refractivity contribution is -0.140. The molecule has 0 radical (unpaired) electrons. The number of aliphatic hydroxyl groups is 1. The third kappa shape index (κ3) is 4.01. The minimum absolute atomic E-state index is 0.147. The molecule has 4 amide bonds. The average Bonchev–Trinajstić information content (AvgIpc) is 3.64. The maximum absolute atomic E-state index is 14.3. The van der Waals surface area contributed by atoms with Gasteiger partial charge in [-0.3, -0.25) is 24.1 Å². The number of aromatic hydroxyl groups is 1. The minimum Gasteiger partial charge on any atom is -0.508 e. The van der Waals surface area contributed by atoms with Crippen LogP contribution in [0.15, 0.2) is 82.8 Å². The Kier molecular flexibility index (Phi) is 6.39. The van der Waals surface area contributed by atoms with Crippen LogP contribution in [0.5, 0.6) is 5.75 Å². The van der Waals surface area contributed by atoms with Gasteiger partial charge in [-0.15, -0.1) is 0 Å². The van der Waals surface area contributed by atoms with E-state index in [-0.39, 0.29) is 49.0 Å². The van der Waals surface area contributed by atoms with E-state index in [1.807, 2.05) is 12.1 Å². The fourth-order valence-electron chi connectivity index (χ4n) is 7.96. The summed E-state index contributed by atoms with van der Waals surface area (Å²) in [6.45, 7) is 1.72. The summed E-state index contributed by atoms with van der Waals surface area (Å²) in [5.74, 6) is -3.13. The number of likely N-dealkylation sites (tertiary alicyclic amines) is 1. The van der Waals surface area contributed by atoms with Crippen LogP contribution in [0, 0.1) is 29.1 Å². The van der Waals surface area contributed by atoms with E-state index < -0.39 is 35.0 Å². The molecule has 2 N–H and O–H groups in total. The fourth-order valence-corrected chi connectivity index (χ4v) is 7.96. The second kappa shape index (κ2) is 10.1. The van der Waals surface area contributed by atoms with Gasteiger partial charge in [-0.05, 0) is 74.1 Å². The molecule has 2 aliphatic carbocycles. The maximum atomic E-state index is 14.3. The predicted molar refractivity (Wildman–Crippen MR) is 154 cm³/mol. The van der Waals surface area contributed by atoms with Crippen LogP contribution in [0.2, 0.25) is 0 Å². The van der Waals surface area contributed by atoms with Gasteiger partial charge >= 0.3 is 0 Å². The molecule has 9 heteroatoms. The zero-order valence-corrected chi connectivity index (χ0v) is 23.7. The van der Waals surface area contributed by atoms with Crippen molar-refractivity contribution in [3.8, 4) is 5.75 Å². The van der Waals surface area contributed by atoms with Gasteiger partial charge in [-0.1, -0.05) is 42.0 Å². The molecule has 0 spiro atoms. The van der Waals surface area contributed by atoms with Gasteiger partial charge in [0.05, 0.1) is 34.8 Å². The van der Waals surface area contributed by atoms with Crippen molar-refractivity contribution in [2.75, 3.05) is 11.4 Å². The smallest absolute Gasteiger partial charge is 0.241 e. The number of imide groups is 2. The molecule has 1 aromatic heterocycles. The summed E-state index contributed by atoms with van der Waals surface area (Å²) in [7, 11) is 0. The molecule has 220 valence electrons. The van der Waals surface area contributed by atoms with Crippen molar-refractivity contribution in [1.82, 2.24) is 4.90 Å². The second-order valence-corrected chi connectivity index (χ2v) is 12.2. The minimum atomic E-state index is -1.18. The Balaban J connectivity index is 1.27. The molecule has 7 rings (SSSR count). The number of benzene rings is 2. The van der Waals surface area contributed by atoms with Crippen molar-refractivity contribution in [2.45, 2.75) is 38.7 Å². The molecule has 3 heterocycles. The Morgan fingerprint density at radius 2 is 1.65 bits per heavy atom. The molecule has 0 unspecified atom stereocenters. The number of furan rings is 1. The van der Waals surface area contributed by atoms with Gasteiger partial charge in [0.15, 0.2) is 0 Å². The first-order valence-corrected chi connectivity index (χ1v) is 14.7. The van der Waals surface area contributed by atoms with E-state index in [4.69, 9.17) is 4.42 Å². The van der Waals surface area contributed by atoms with Crippen LogP contribution in [0.4, 0.5) is 5.69 Å². The van der Waals surface area contributed by atoms with E-state index in [0.29, 0.717) is 30.0 Å². The number of carbonyl (C=O) groups is 4. The van der Waals surface area contributed by atoms with E-state index in [2.05, 4.69) is 0 Å². The van der Waals surface area contributed by atoms with Crippen LogP contribution in [0.3, 0.4) is 0 Å². The number of rotatable bonds is 6. The van der Waals surface area contributed by atoms with Gasteiger partial charge in [0.25, 0.3) is 0 Å². The Morgan fingerprint density at radius 3 is 2.35 bits per heavy atom. The van der Waals surface area contributed by atoms with Crippen LogP contribution in [0.1, 0.15) is 42.8 Å².